The Kier molecular flexibility index (Phi) is 7.00. The van der Waals surface area contributed by atoms with Crippen LogP contribution < -0.4 is 16.0 Å². The van der Waals surface area contributed by atoms with Gasteiger partial charge in [0.2, 0.25) is 5.91 Å². The lowest BCUT2D eigenvalue weighted by atomic mass is 10.1. The van der Waals surface area contributed by atoms with Crippen molar-refractivity contribution < 1.29 is 9.90 Å². The molecule has 0 saturated carbocycles. The van der Waals surface area contributed by atoms with Crippen LogP contribution in [0.2, 0.25) is 0 Å². The van der Waals surface area contributed by atoms with Crippen LogP contribution in [0.1, 0.15) is 18.1 Å². The van der Waals surface area contributed by atoms with Crippen molar-refractivity contribution in [1.29, 1.82) is 0 Å². The molecule has 0 heterocycles. The van der Waals surface area contributed by atoms with E-state index in [0.29, 0.717) is 17.8 Å². The Morgan fingerprint density at radius 2 is 1.85 bits per heavy atom. The molecule has 26 heavy (non-hydrogen) atoms. The number of aliphatic hydroxyl groups excluding tert-OH is 1. The molecule has 2 aromatic rings. The highest BCUT2D eigenvalue weighted by Crippen LogP contribution is 2.20. The van der Waals surface area contributed by atoms with Crippen LogP contribution in [-0.2, 0) is 4.79 Å². The number of benzene rings is 2. The largest absolute Gasteiger partial charge is 0.397 e. The van der Waals surface area contributed by atoms with Crippen molar-refractivity contribution in [3.8, 4) is 0 Å². The molecule has 0 aromatic heterocycles. The van der Waals surface area contributed by atoms with Crippen molar-refractivity contribution in [1.82, 2.24) is 0 Å². The Labute approximate surface area is 154 Å². The maximum absolute atomic E-state index is 11.8. The van der Waals surface area contributed by atoms with Crippen molar-refractivity contribution >= 4 is 23.0 Å². The fraction of sp³-hybridized carbons (Fsp3) is 0.190. The Hall–Kier alpha value is -3.05. The van der Waals surface area contributed by atoms with Gasteiger partial charge in [-0.25, -0.2) is 0 Å². The maximum atomic E-state index is 11.8. The normalized spacial score (nSPS) is 12.4. The molecule has 1 atom stereocenters. The highest BCUT2D eigenvalue weighted by molar-refractivity contribution is 6.01. The van der Waals surface area contributed by atoms with Gasteiger partial charge in [0.1, 0.15) is 0 Å². The smallest absolute Gasteiger partial charge is 0.248 e. The number of hydrogen-bond donors (Lipinski definition) is 3. The summed E-state index contributed by atoms with van der Waals surface area (Å²) in [5.41, 5.74) is 8.83. The molecule has 0 fully saturated rings. The van der Waals surface area contributed by atoms with E-state index in [2.05, 4.69) is 5.32 Å². The van der Waals surface area contributed by atoms with Gasteiger partial charge in [-0.3, -0.25) is 4.79 Å². The lowest BCUT2D eigenvalue weighted by Crippen LogP contribution is -2.09. The van der Waals surface area contributed by atoms with E-state index in [9.17, 15) is 9.90 Å². The lowest BCUT2D eigenvalue weighted by Gasteiger charge is -2.14. The summed E-state index contributed by atoms with van der Waals surface area (Å²) < 4.78 is 0. The Balaban J connectivity index is 1.81. The molecule has 0 saturated heterocycles. The summed E-state index contributed by atoms with van der Waals surface area (Å²) in [6.07, 6.45) is 6.52. The molecule has 0 bridgehead atoms. The molecular formula is C21H25N3O2. The first kappa shape index (κ1) is 19.3. The maximum Gasteiger partial charge on any atom is 0.248 e. The number of nitrogens with one attached hydrogen (secondary N) is 1. The molecule has 136 valence electrons. The molecule has 0 aliphatic rings. The quantitative estimate of drug-likeness (QED) is 0.405. The number of carbonyl (C=O) groups is 1. The number of nitrogen functional groups attached to an aromatic ring is 1. The van der Waals surface area contributed by atoms with Crippen molar-refractivity contribution in [2.75, 3.05) is 30.0 Å². The van der Waals surface area contributed by atoms with Crippen molar-refractivity contribution in [3.63, 3.8) is 0 Å². The van der Waals surface area contributed by atoms with Crippen LogP contribution in [0.3, 0.4) is 0 Å². The first-order valence-corrected chi connectivity index (χ1v) is 8.41. The van der Waals surface area contributed by atoms with Crippen LogP contribution >= 0.6 is 0 Å². The predicted molar refractivity (Wildman–Crippen MR) is 108 cm³/mol. The summed E-state index contributed by atoms with van der Waals surface area (Å²) in [6, 6.07) is 14.9. The molecule has 0 spiro atoms. The number of allylic oxidation sites excluding steroid dienone is 2. The summed E-state index contributed by atoms with van der Waals surface area (Å²) in [5.74, 6) is -0.257. The van der Waals surface area contributed by atoms with Crippen LogP contribution in [0.5, 0.6) is 0 Å². The molecule has 0 aliphatic carbocycles. The van der Waals surface area contributed by atoms with E-state index in [1.54, 1.807) is 24.3 Å². The Bertz CT molecular complexity index is 780. The minimum absolute atomic E-state index is 0.257. The van der Waals surface area contributed by atoms with Crippen molar-refractivity contribution in [3.05, 3.63) is 78.4 Å². The second-order valence-corrected chi connectivity index (χ2v) is 6.10. The Morgan fingerprint density at radius 1 is 1.15 bits per heavy atom. The van der Waals surface area contributed by atoms with Gasteiger partial charge in [-0.05, 0) is 36.2 Å². The molecule has 2 rings (SSSR count). The van der Waals surface area contributed by atoms with Gasteiger partial charge in [-0.1, -0.05) is 42.5 Å². The fourth-order valence-electron chi connectivity index (χ4n) is 2.34. The van der Waals surface area contributed by atoms with Gasteiger partial charge >= 0.3 is 0 Å². The first-order chi connectivity index (χ1) is 12.5. The highest BCUT2D eigenvalue weighted by atomic mass is 16.3. The molecule has 0 aliphatic heterocycles. The van der Waals surface area contributed by atoms with Crippen molar-refractivity contribution in [2.45, 2.75) is 12.5 Å². The highest BCUT2D eigenvalue weighted by Gasteiger charge is 2.05. The number of amides is 1. The summed E-state index contributed by atoms with van der Waals surface area (Å²) in [5, 5.41) is 12.9. The molecular weight excluding hydrogens is 326 g/mol. The van der Waals surface area contributed by atoms with Crippen LogP contribution in [0, 0.1) is 0 Å². The second kappa shape index (κ2) is 9.44. The predicted octanol–water partition coefficient (Wildman–Crippen LogP) is 3.51. The van der Waals surface area contributed by atoms with Crippen LogP contribution in [-0.4, -0.2) is 25.1 Å². The first-order valence-electron chi connectivity index (χ1n) is 8.41. The monoisotopic (exact) mass is 351 g/mol. The zero-order chi connectivity index (χ0) is 18.9. The molecule has 1 amide bonds. The number of rotatable bonds is 7. The number of aliphatic hydroxyl groups is 1. The molecule has 5 heteroatoms. The molecule has 5 nitrogen and oxygen atoms in total. The number of carbonyl (C=O) groups excluding carboxylic acids is 1. The van der Waals surface area contributed by atoms with Gasteiger partial charge in [0.15, 0.2) is 0 Å². The summed E-state index contributed by atoms with van der Waals surface area (Å²) in [6.45, 7) is 0. The zero-order valence-corrected chi connectivity index (χ0v) is 15.1. The third-order valence-corrected chi connectivity index (χ3v) is 3.87. The van der Waals surface area contributed by atoms with Crippen LogP contribution in [0.15, 0.2) is 72.8 Å². The van der Waals surface area contributed by atoms with E-state index < -0.39 is 6.10 Å². The van der Waals surface area contributed by atoms with Gasteiger partial charge in [-0.15, -0.1) is 0 Å². The SMILES string of the molecule is CN(C)c1ccc(C(O)C/C=C/C=C/C(=O)Nc2ccccc2N)cc1. The van der Waals surface area contributed by atoms with E-state index in [4.69, 9.17) is 5.73 Å². The van der Waals surface area contributed by atoms with E-state index in [1.165, 1.54) is 6.08 Å². The Morgan fingerprint density at radius 3 is 2.50 bits per heavy atom. The molecule has 2 aromatic carbocycles. The number of para-hydroxylation sites is 2. The number of hydrogen-bond acceptors (Lipinski definition) is 4. The lowest BCUT2D eigenvalue weighted by molar-refractivity contribution is -0.111. The van der Waals surface area contributed by atoms with E-state index in [1.807, 2.05) is 61.5 Å². The van der Waals surface area contributed by atoms with Crippen LogP contribution in [0.4, 0.5) is 17.1 Å². The molecule has 4 N–H and O–H groups in total. The standard InChI is InChI=1S/C21H25N3O2/c1-24(2)17-14-12-16(13-15-17)20(25)10-4-3-5-11-21(26)23-19-9-7-6-8-18(19)22/h3-9,11-15,20,25H,10,22H2,1-2H3,(H,23,26)/b4-3+,11-5+. The van der Waals surface area contributed by atoms with Gasteiger partial charge in [0.05, 0.1) is 17.5 Å². The summed E-state index contributed by atoms with van der Waals surface area (Å²) in [4.78, 5) is 13.8. The van der Waals surface area contributed by atoms with Gasteiger partial charge < -0.3 is 21.1 Å². The number of nitrogens with two attached hydrogens (primary N) is 1. The van der Waals surface area contributed by atoms with Gasteiger partial charge in [0.25, 0.3) is 0 Å². The minimum atomic E-state index is -0.575. The average molecular weight is 351 g/mol. The number of anilines is 3. The third kappa shape index (κ3) is 5.79. The van der Waals surface area contributed by atoms with E-state index in [0.717, 1.165) is 11.3 Å². The number of nitrogens with zero attached hydrogens (tertiary/aromatic N) is 1. The van der Waals surface area contributed by atoms with E-state index >= 15 is 0 Å². The summed E-state index contributed by atoms with van der Waals surface area (Å²) in [7, 11) is 3.95. The topological polar surface area (TPSA) is 78.6 Å². The molecule has 0 radical (unpaired) electrons. The second-order valence-electron chi connectivity index (χ2n) is 6.10. The summed E-state index contributed by atoms with van der Waals surface area (Å²) >= 11 is 0. The minimum Gasteiger partial charge on any atom is -0.397 e. The zero-order valence-electron chi connectivity index (χ0n) is 15.1. The van der Waals surface area contributed by atoms with Crippen molar-refractivity contribution in [2.24, 2.45) is 0 Å². The average Bonchev–Trinajstić information content (AvgIpc) is 2.63. The van der Waals surface area contributed by atoms with Gasteiger partial charge in [0, 0.05) is 25.9 Å². The van der Waals surface area contributed by atoms with Crippen LogP contribution in [0.25, 0.3) is 0 Å². The van der Waals surface area contributed by atoms with E-state index in [-0.39, 0.29) is 5.91 Å². The fourth-order valence-corrected chi connectivity index (χ4v) is 2.34. The molecule has 1 unspecified atom stereocenters. The third-order valence-electron chi connectivity index (χ3n) is 3.87. The van der Waals surface area contributed by atoms with Gasteiger partial charge in [-0.2, -0.15) is 0 Å².